The number of nitrogens with zero attached hydrogens (tertiary/aromatic N) is 9. The molecule has 9 rings (SSSR count). The van der Waals surface area contributed by atoms with E-state index in [2.05, 4.69) is 35.9 Å². The average Bonchev–Trinajstić information content (AvgIpc) is 3.91. The minimum absolute atomic E-state index is 0.0209. The molecule has 0 bridgehead atoms. The number of carbonyl (C=O) groups is 2. The minimum atomic E-state index is -0.642. The van der Waals surface area contributed by atoms with Gasteiger partial charge in [0.2, 0.25) is 17.8 Å². The molecule has 2 amide bonds. The van der Waals surface area contributed by atoms with Crippen molar-refractivity contribution < 1.29 is 38.0 Å². The van der Waals surface area contributed by atoms with Gasteiger partial charge in [0.05, 0.1) is 70.0 Å². The fourth-order valence-corrected chi connectivity index (χ4v) is 10.9. The van der Waals surface area contributed by atoms with E-state index < -0.39 is 11.9 Å². The van der Waals surface area contributed by atoms with Gasteiger partial charge in [0, 0.05) is 78.3 Å². The Hall–Kier alpha value is -6.58. The van der Waals surface area contributed by atoms with E-state index in [9.17, 15) is 14.7 Å². The molecule has 7 aromatic rings. The van der Waals surface area contributed by atoms with E-state index in [0.717, 1.165) is 44.0 Å². The Morgan fingerprint density at radius 3 is 2.26 bits per heavy atom. The molecule has 398 valence electrons. The number of hydrogen-bond acceptors (Lipinski definition) is 15. The molecule has 2 aliphatic rings. The number of nitrogens with one attached hydrogen (secondary N) is 1. The van der Waals surface area contributed by atoms with Crippen LogP contribution < -0.4 is 15.1 Å². The summed E-state index contributed by atoms with van der Waals surface area (Å²) >= 11 is 14.8. The molecule has 17 nitrogen and oxygen atoms in total. The Bertz CT molecular complexity index is 3290. The van der Waals surface area contributed by atoms with Crippen LogP contribution in [0, 0.1) is 26.6 Å². The molecule has 0 unspecified atom stereocenters. The van der Waals surface area contributed by atoms with Crippen molar-refractivity contribution in [2.45, 2.75) is 33.2 Å². The number of rotatable bonds is 22. The van der Waals surface area contributed by atoms with Crippen molar-refractivity contribution in [3.05, 3.63) is 128 Å². The van der Waals surface area contributed by atoms with Gasteiger partial charge in [-0.2, -0.15) is 4.98 Å². The number of aliphatic imine (C=N–C) groups is 1. The zero-order valence-electron chi connectivity index (χ0n) is 42.8. The molecule has 1 fully saturated rings. The van der Waals surface area contributed by atoms with Crippen LogP contribution in [-0.2, 0) is 28.5 Å². The van der Waals surface area contributed by atoms with E-state index in [1.165, 1.54) is 17.0 Å². The van der Waals surface area contributed by atoms with E-state index in [4.69, 9.17) is 57.1 Å². The Kier molecular flexibility index (Phi) is 17.6. The van der Waals surface area contributed by atoms with Crippen LogP contribution in [-0.4, -0.2) is 151 Å². The fourth-order valence-electron chi connectivity index (χ4n) is 9.30. The van der Waals surface area contributed by atoms with Crippen molar-refractivity contribution in [3.8, 4) is 21.9 Å². The Labute approximate surface area is 453 Å². The molecule has 3 aromatic heterocycles. The molecule has 76 heavy (non-hydrogen) atoms. The maximum Gasteiger partial charge on any atom is 0.246 e. The molecular formula is C55H59Cl2FN10O7S. The van der Waals surface area contributed by atoms with E-state index in [0.29, 0.717) is 120 Å². The molecule has 0 aliphatic carbocycles. The SMILES string of the molecule is C=CC(=O)N1CCN(c2nc(N(C)CCOCCOCCOCCOCCNC(=O)C[C@@H]3N=C(c4ccc(Cl)cc4)c4c(sc(C)c4C)-n4c(C)nnc43)nc3c(F)c(-c4cc(O)cc5ccccc45)c(Cl)cc23)CC1. The first-order chi connectivity index (χ1) is 36.8. The van der Waals surface area contributed by atoms with Crippen LogP contribution in [0.5, 0.6) is 5.75 Å². The standard InChI is InChI=1S/C55H59Cl2FN10O7S/c1-6-46(71)66-16-18-67(19-17-66)52-42-31-43(57)48(41-30-39(69)29-37-9-7-8-10-40(37)41)49(58)51(42)61-55(62-52)65(5)20-22-73-24-26-75-28-27-74-25-23-72-21-15-59-45(70)32-44-53-64-63-35(4)68(53)54-47(33(2)34(3)76-54)50(60-44)36-11-13-38(56)14-12-36/h6-14,29-31,44,69H,1,15-28,32H2,2-5H3,(H,59,70)/t44-/m0/s1. The number of fused-ring (bicyclic) bond motifs is 5. The maximum absolute atomic E-state index is 17.0. The summed E-state index contributed by atoms with van der Waals surface area (Å²) in [5.41, 5.74) is 4.45. The number of aromatic hydroxyl groups is 1. The quantitative estimate of drug-likeness (QED) is 0.0487. The first-order valence-electron chi connectivity index (χ1n) is 25.0. The zero-order valence-corrected chi connectivity index (χ0v) is 45.1. The number of halogens is 3. The highest BCUT2D eigenvalue weighted by Crippen LogP contribution is 2.43. The molecule has 0 radical (unpaired) electrons. The highest BCUT2D eigenvalue weighted by Gasteiger charge is 2.33. The van der Waals surface area contributed by atoms with Crippen molar-refractivity contribution in [2.75, 3.05) is 109 Å². The second-order valence-electron chi connectivity index (χ2n) is 18.4. The number of piperazine rings is 1. The molecule has 5 heterocycles. The van der Waals surface area contributed by atoms with E-state index >= 15 is 4.39 Å². The monoisotopic (exact) mass is 1090 g/mol. The van der Waals surface area contributed by atoms with Gasteiger partial charge in [-0.15, -0.1) is 21.5 Å². The van der Waals surface area contributed by atoms with Gasteiger partial charge in [0.1, 0.15) is 34.0 Å². The van der Waals surface area contributed by atoms with Crippen LogP contribution in [0.3, 0.4) is 0 Å². The number of thiophene rings is 1. The summed E-state index contributed by atoms with van der Waals surface area (Å²) in [6.07, 6.45) is 1.38. The predicted octanol–water partition coefficient (Wildman–Crippen LogP) is 8.60. The summed E-state index contributed by atoms with van der Waals surface area (Å²) in [6.45, 7) is 14.9. The molecule has 4 aromatic carbocycles. The van der Waals surface area contributed by atoms with Crippen LogP contribution in [0.2, 0.25) is 10.0 Å². The number of phenolic OH excluding ortho intramolecular Hbond substituents is 1. The molecular weight excluding hydrogens is 1030 g/mol. The molecule has 1 atom stereocenters. The van der Waals surface area contributed by atoms with Crippen LogP contribution >= 0.6 is 34.5 Å². The molecule has 2 aliphatic heterocycles. The van der Waals surface area contributed by atoms with Gasteiger partial charge in [-0.1, -0.05) is 66.2 Å². The van der Waals surface area contributed by atoms with Crippen LogP contribution in [0.4, 0.5) is 16.2 Å². The largest absolute Gasteiger partial charge is 0.508 e. The number of phenols is 1. The summed E-state index contributed by atoms with van der Waals surface area (Å²) in [5, 5.41) is 26.1. The highest BCUT2D eigenvalue weighted by atomic mass is 35.5. The van der Waals surface area contributed by atoms with Crippen LogP contribution in [0.1, 0.15) is 45.7 Å². The third kappa shape index (κ3) is 12.0. The number of aromatic nitrogens is 5. The van der Waals surface area contributed by atoms with Gasteiger partial charge in [-0.25, -0.2) is 9.37 Å². The summed E-state index contributed by atoms with van der Waals surface area (Å²) in [5.74, 6) is 1.11. The van der Waals surface area contributed by atoms with Crippen molar-refractivity contribution in [3.63, 3.8) is 0 Å². The van der Waals surface area contributed by atoms with Gasteiger partial charge in [-0.3, -0.25) is 19.1 Å². The lowest BCUT2D eigenvalue weighted by Gasteiger charge is -2.35. The number of hydrogen-bond donors (Lipinski definition) is 2. The lowest BCUT2D eigenvalue weighted by Crippen LogP contribution is -2.48. The second kappa shape index (κ2) is 24.6. The fraction of sp³-hybridized carbons (Fsp3) is 0.364. The van der Waals surface area contributed by atoms with Gasteiger partial charge < -0.3 is 44.1 Å². The number of anilines is 2. The Balaban J connectivity index is 0.707. The van der Waals surface area contributed by atoms with Gasteiger partial charge >= 0.3 is 0 Å². The number of aryl methyl sites for hydroxylation is 2. The lowest BCUT2D eigenvalue weighted by molar-refractivity contribution is -0.126. The first-order valence-corrected chi connectivity index (χ1v) is 26.6. The van der Waals surface area contributed by atoms with E-state index in [1.807, 2.05) is 72.0 Å². The van der Waals surface area contributed by atoms with Gasteiger partial charge in [-0.05, 0) is 79.1 Å². The van der Waals surface area contributed by atoms with Gasteiger partial charge in [0.25, 0.3) is 0 Å². The third-order valence-electron chi connectivity index (χ3n) is 13.4. The predicted molar refractivity (Wildman–Crippen MR) is 296 cm³/mol. The third-order valence-corrected chi connectivity index (χ3v) is 15.1. The molecule has 0 saturated carbocycles. The van der Waals surface area contributed by atoms with E-state index in [-0.39, 0.29) is 46.0 Å². The maximum atomic E-state index is 17.0. The molecule has 0 spiro atoms. The summed E-state index contributed by atoms with van der Waals surface area (Å²) < 4.78 is 42.1. The number of benzene rings is 4. The summed E-state index contributed by atoms with van der Waals surface area (Å²) in [6, 6.07) is 19.2. The second-order valence-corrected chi connectivity index (χ2v) is 20.4. The normalized spacial score (nSPS) is 14.4. The summed E-state index contributed by atoms with van der Waals surface area (Å²) in [7, 11) is 1.81. The lowest BCUT2D eigenvalue weighted by atomic mass is 9.96. The summed E-state index contributed by atoms with van der Waals surface area (Å²) in [4.78, 5) is 47.2. The minimum Gasteiger partial charge on any atom is -0.508 e. The Morgan fingerprint density at radius 1 is 0.868 bits per heavy atom. The molecule has 1 saturated heterocycles. The number of amides is 2. The number of ether oxygens (including phenoxy) is 4. The van der Waals surface area contributed by atoms with Crippen molar-refractivity contribution in [1.29, 1.82) is 0 Å². The smallest absolute Gasteiger partial charge is 0.246 e. The Morgan fingerprint density at radius 2 is 1.55 bits per heavy atom. The highest BCUT2D eigenvalue weighted by molar-refractivity contribution is 7.15. The number of likely N-dealkylation sites (N-methyl/N-ethyl adjacent to an activating group) is 1. The van der Waals surface area contributed by atoms with E-state index in [1.54, 1.807) is 33.3 Å². The van der Waals surface area contributed by atoms with Crippen LogP contribution in [0.15, 0.2) is 84.4 Å². The molecule has 21 heteroatoms. The van der Waals surface area contributed by atoms with Crippen molar-refractivity contribution >= 4 is 85.5 Å². The van der Waals surface area contributed by atoms with Crippen LogP contribution in [0.25, 0.3) is 37.8 Å². The van der Waals surface area contributed by atoms with Crippen molar-refractivity contribution in [1.82, 2.24) is 34.9 Å². The van der Waals surface area contributed by atoms with Gasteiger partial charge in [0.15, 0.2) is 11.6 Å². The average molecular weight is 1090 g/mol. The number of carbonyl (C=O) groups excluding carboxylic acids is 2. The van der Waals surface area contributed by atoms with Crippen molar-refractivity contribution in [2.24, 2.45) is 4.99 Å². The zero-order chi connectivity index (χ0) is 53.5. The molecule has 2 N–H and O–H groups in total. The first kappa shape index (κ1) is 54.2. The topological polar surface area (TPSA) is 182 Å².